The Hall–Kier alpha value is -1.48. The van der Waals surface area contributed by atoms with Gasteiger partial charge in [-0.1, -0.05) is 48.3 Å². The van der Waals surface area contributed by atoms with Crippen molar-refractivity contribution in [1.29, 1.82) is 0 Å². The summed E-state index contributed by atoms with van der Waals surface area (Å²) >= 11 is 0. The first-order valence-corrected chi connectivity index (χ1v) is 4.67. The molecule has 0 unspecified atom stereocenters. The molecule has 0 nitrogen and oxygen atoms in total. The highest BCUT2D eigenvalue weighted by Crippen LogP contribution is 2.15. The van der Waals surface area contributed by atoms with Gasteiger partial charge in [-0.25, -0.2) is 0 Å². The minimum absolute atomic E-state index is 0.905. The van der Waals surface area contributed by atoms with Crippen LogP contribution in [0.5, 0.6) is 0 Å². The highest BCUT2D eigenvalue weighted by molar-refractivity contribution is 5.43. The Kier molecular flexibility index (Phi) is 3.03. The molecule has 0 N–H and O–H groups in total. The fraction of sp³-hybridized carbons (Fsp3) is 0.143. The maximum Gasteiger partial charge on any atom is 0.0735 e. The molecule has 2 aliphatic carbocycles. The highest BCUT2D eigenvalue weighted by atomic mass is 14.1. The second-order valence-corrected chi connectivity index (χ2v) is 3.12. The zero-order chi connectivity index (χ0) is 9.64. The minimum atomic E-state index is 0.905. The van der Waals surface area contributed by atoms with E-state index in [0.29, 0.717) is 0 Å². The third-order valence-electron chi connectivity index (χ3n) is 2.02. The molecule has 66 valence electrons. The Morgan fingerprint density at radius 2 is 1.36 bits per heavy atom. The van der Waals surface area contributed by atoms with Gasteiger partial charge in [0.1, 0.15) is 0 Å². The summed E-state index contributed by atoms with van der Waals surface area (Å²) in [5.74, 6) is 8.64. The van der Waals surface area contributed by atoms with Crippen LogP contribution in [0.4, 0.5) is 0 Å². The summed E-state index contributed by atoms with van der Waals surface area (Å²) in [7, 11) is 0. The molecule has 0 aromatic heterocycles. The van der Waals surface area contributed by atoms with Crippen molar-refractivity contribution in [2.75, 3.05) is 0 Å². The summed E-state index contributed by atoms with van der Waals surface area (Å²) in [5, 5.41) is 0. The Morgan fingerprint density at radius 3 is 1.71 bits per heavy atom. The normalized spacial score (nSPS) is 20.9. The highest BCUT2D eigenvalue weighted by Gasteiger charge is 2.04. The van der Waals surface area contributed by atoms with Gasteiger partial charge in [0.2, 0.25) is 0 Å². The number of hydrogen-bond acceptors (Lipinski definition) is 0. The van der Waals surface area contributed by atoms with Crippen molar-refractivity contribution in [1.82, 2.24) is 0 Å². The van der Waals surface area contributed by atoms with Gasteiger partial charge in [-0.2, -0.15) is 0 Å². The van der Waals surface area contributed by atoms with Crippen molar-refractivity contribution in [3.8, 4) is 11.8 Å². The Labute approximate surface area is 85.7 Å². The van der Waals surface area contributed by atoms with E-state index in [-0.39, 0.29) is 0 Å². The van der Waals surface area contributed by atoms with Crippen LogP contribution in [0.3, 0.4) is 0 Å². The first kappa shape index (κ1) is 9.09. The maximum absolute atomic E-state index is 3.16. The van der Waals surface area contributed by atoms with Gasteiger partial charge in [-0.15, -0.1) is 0 Å². The molecule has 0 heteroatoms. The average Bonchev–Trinajstić information content (AvgIpc) is 2.29. The summed E-state index contributed by atoms with van der Waals surface area (Å²) in [6.45, 7) is 0. The predicted octanol–water partition coefficient (Wildman–Crippen LogP) is 2.78. The lowest BCUT2D eigenvalue weighted by Gasteiger charge is -2.05. The van der Waals surface area contributed by atoms with Gasteiger partial charge >= 0.3 is 0 Å². The van der Waals surface area contributed by atoms with Crippen LogP contribution in [0.2, 0.25) is 0 Å². The summed E-state index contributed by atoms with van der Waals surface area (Å²) in [4.78, 5) is 0. The first-order chi connectivity index (χ1) is 6.95. The van der Waals surface area contributed by atoms with Crippen LogP contribution in [0, 0.1) is 35.8 Å². The molecule has 14 heavy (non-hydrogen) atoms. The predicted molar refractivity (Wildman–Crippen MR) is 57.4 cm³/mol. The molecule has 0 saturated heterocycles. The maximum atomic E-state index is 3.16. The largest absolute Gasteiger partial charge is 0.0890 e. The van der Waals surface area contributed by atoms with Crippen molar-refractivity contribution in [3.05, 3.63) is 60.4 Å². The van der Waals surface area contributed by atoms with E-state index < -0.39 is 0 Å². The van der Waals surface area contributed by atoms with Crippen molar-refractivity contribution >= 4 is 0 Å². The monoisotopic (exact) mass is 178 g/mol. The molecule has 2 aliphatic rings. The number of hydrogen-bond donors (Lipinski definition) is 0. The average molecular weight is 178 g/mol. The molecule has 0 saturated carbocycles. The summed E-state index contributed by atoms with van der Waals surface area (Å²) < 4.78 is 0. The first-order valence-electron chi connectivity index (χ1n) is 4.67. The molecule has 0 amide bonds. The van der Waals surface area contributed by atoms with Gasteiger partial charge in [-0.05, 0) is 25.0 Å². The smallest absolute Gasteiger partial charge is 0.0735 e. The molecular weight excluding hydrogens is 168 g/mol. The lowest BCUT2D eigenvalue weighted by atomic mass is 9.97. The van der Waals surface area contributed by atoms with Gasteiger partial charge < -0.3 is 0 Å². The Bertz CT molecular complexity index is 321. The molecule has 0 atom stereocenters. The van der Waals surface area contributed by atoms with E-state index in [1.807, 2.05) is 36.5 Å². The molecule has 0 spiro atoms. The molecule has 4 radical (unpaired) electrons. The number of allylic oxidation sites excluding steroid dienone is 8. The van der Waals surface area contributed by atoms with E-state index in [2.05, 4.69) is 24.0 Å². The van der Waals surface area contributed by atoms with Crippen LogP contribution < -0.4 is 0 Å². The van der Waals surface area contributed by atoms with Gasteiger partial charge in [0, 0.05) is 0 Å². The van der Waals surface area contributed by atoms with E-state index >= 15 is 0 Å². The standard InChI is InChI=1S/C14H10/c1-3-7-13(8-4-1)11-12-14-9-5-2-6-10-14/h3-7,9H,8,10H2. The molecule has 2 rings (SSSR count). The summed E-state index contributed by atoms with van der Waals surface area (Å²) in [6, 6.07) is 0. The second-order valence-electron chi connectivity index (χ2n) is 3.12. The van der Waals surface area contributed by atoms with E-state index in [0.717, 1.165) is 24.7 Å². The van der Waals surface area contributed by atoms with Crippen LogP contribution in [0.1, 0.15) is 12.8 Å². The Morgan fingerprint density at radius 1 is 0.857 bits per heavy atom. The summed E-state index contributed by atoms with van der Waals surface area (Å²) in [5.41, 5.74) is 0. The van der Waals surface area contributed by atoms with Crippen molar-refractivity contribution in [2.45, 2.75) is 12.8 Å². The molecule has 0 fully saturated rings. The van der Waals surface area contributed by atoms with Crippen LogP contribution in [0.25, 0.3) is 0 Å². The van der Waals surface area contributed by atoms with Crippen molar-refractivity contribution in [2.24, 2.45) is 0 Å². The van der Waals surface area contributed by atoms with Crippen LogP contribution in [-0.2, 0) is 0 Å². The van der Waals surface area contributed by atoms with E-state index in [1.54, 1.807) is 0 Å². The van der Waals surface area contributed by atoms with Crippen LogP contribution in [-0.4, -0.2) is 0 Å². The van der Waals surface area contributed by atoms with E-state index in [4.69, 9.17) is 0 Å². The summed E-state index contributed by atoms with van der Waals surface area (Å²) in [6.07, 6.45) is 19.7. The van der Waals surface area contributed by atoms with Crippen LogP contribution >= 0.6 is 0 Å². The Balaban J connectivity index is 1.93. The molecule has 0 bridgehead atoms. The van der Waals surface area contributed by atoms with Gasteiger partial charge in [0.15, 0.2) is 0 Å². The zero-order valence-electron chi connectivity index (χ0n) is 7.88. The molecule has 0 aromatic rings. The third kappa shape index (κ3) is 2.50. The van der Waals surface area contributed by atoms with Gasteiger partial charge in [0.25, 0.3) is 0 Å². The lowest BCUT2D eigenvalue weighted by molar-refractivity contribution is 1.13. The SMILES string of the molecule is [C]1=CC[C](C#C[C]2C=C[C]=CC2)C=C1. The van der Waals surface area contributed by atoms with Crippen LogP contribution in [0.15, 0.2) is 36.5 Å². The fourth-order valence-electron chi connectivity index (χ4n) is 1.25. The van der Waals surface area contributed by atoms with E-state index in [9.17, 15) is 0 Å². The molecular formula is C14H10. The van der Waals surface area contributed by atoms with Gasteiger partial charge in [-0.3, -0.25) is 0 Å². The third-order valence-corrected chi connectivity index (χ3v) is 2.02. The van der Waals surface area contributed by atoms with Gasteiger partial charge in [0.05, 0.1) is 11.8 Å². The topological polar surface area (TPSA) is 0 Å². The van der Waals surface area contributed by atoms with Crippen molar-refractivity contribution in [3.63, 3.8) is 0 Å². The zero-order valence-corrected chi connectivity index (χ0v) is 7.88. The molecule has 0 aliphatic heterocycles. The fourth-order valence-corrected chi connectivity index (χ4v) is 1.25. The number of rotatable bonds is 0. The quantitative estimate of drug-likeness (QED) is 0.500. The minimum Gasteiger partial charge on any atom is -0.0890 e. The van der Waals surface area contributed by atoms with E-state index in [1.165, 1.54) is 0 Å². The lowest BCUT2D eigenvalue weighted by Crippen LogP contribution is -1.94. The molecule has 0 heterocycles. The second kappa shape index (κ2) is 4.67. The van der Waals surface area contributed by atoms with Crippen molar-refractivity contribution < 1.29 is 0 Å². The molecule has 0 aromatic carbocycles.